The van der Waals surface area contributed by atoms with Crippen molar-refractivity contribution in [3.8, 4) is 5.75 Å². The second-order valence-electron chi connectivity index (χ2n) is 4.99. The van der Waals surface area contributed by atoms with Crippen molar-refractivity contribution in [2.24, 2.45) is 0 Å². The molecule has 0 amide bonds. The summed E-state index contributed by atoms with van der Waals surface area (Å²) in [5.41, 5.74) is 1.22. The van der Waals surface area contributed by atoms with Crippen LogP contribution in [-0.2, 0) is 13.1 Å². The summed E-state index contributed by atoms with van der Waals surface area (Å²) in [4.78, 5) is 7.95. The molecule has 0 fully saturated rings. The van der Waals surface area contributed by atoms with Gasteiger partial charge in [-0.2, -0.15) is 0 Å². The molecule has 0 saturated heterocycles. The number of hydrogen-bond acceptors (Lipinski definition) is 5. The van der Waals surface area contributed by atoms with Crippen molar-refractivity contribution >= 4 is 16.5 Å². The topological polar surface area (TPSA) is 37.4 Å². The van der Waals surface area contributed by atoms with Crippen LogP contribution in [0.3, 0.4) is 0 Å². The zero-order chi connectivity index (χ0) is 15.1. The van der Waals surface area contributed by atoms with E-state index in [1.165, 1.54) is 10.4 Å². The zero-order valence-corrected chi connectivity index (χ0v) is 13.7. The predicted octanol–water partition coefficient (Wildman–Crippen LogP) is 3.29. The largest absolute Gasteiger partial charge is 0.497 e. The summed E-state index contributed by atoms with van der Waals surface area (Å²) in [5.74, 6) is 0.893. The Labute approximate surface area is 130 Å². The molecule has 0 bridgehead atoms. The fraction of sp³-hybridized carbons (Fsp3) is 0.438. The summed E-state index contributed by atoms with van der Waals surface area (Å²) in [5, 5.41) is 4.45. The van der Waals surface area contributed by atoms with E-state index in [2.05, 4.69) is 41.3 Å². The number of hydrogen-bond donors (Lipinski definition) is 1. The number of anilines is 1. The van der Waals surface area contributed by atoms with Crippen LogP contribution < -0.4 is 15.0 Å². The van der Waals surface area contributed by atoms with Crippen LogP contribution >= 0.6 is 11.3 Å². The highest BCUT2D eigenvalue weighted by molar-refractivity contribution is 7.15. The Kier molecular flexibility index (Phi) is 6.02. The molecule has 4 nitrogen and oxygen atoms in total. The molecule has 1 aromatic carbocycles. The molecule has 0 aliphatic heterocycles. The van der Waals surface area contributed by atoms with Gasteiger partial charge in [0.05, 0.1) is 7.11 Å². The molecule has 5 heteroatoms. The number of thiazole rings is 1. The first-order valence-corrected chi connectivity index (χ1v) is 8.04. The third kappa shape index (κ3) is 4.72. The molecule has 0 spiro atoms. The summed E-state index contributed by atoms with van der Waals surface area (Å²) in [7, 11) is 3.76. The van der Waals surface area contributed by atoms with Crippen LogP contribution in [-0.4, -0.2) is 25.7 Å². The SMILES string of the molecule is CCCNCc1cnc(N(C)Cc2cccc(OC)c2)s1. The van der Waals surface area contributed by atoms with E-state index in [1.807, 2.05) is 18.3 Å². The molecular weight excluding hydrogens is 282 g/mol. The van der Waals surface area contributed by atoms with Gasteiger partial charge in [-0.25, -0.2) is 4.98 Å². The summed E-state index contributed by atoms with van der Waals surface area (Å²) in [6, 6.07) is 8.15. The molecule has 1 N–H and O–H groups in total. The van der Waals surface area contributed by atoms with Gasteiger partial charge in [-0.3, -0.25) is 0 Å². The molecular formula is C16H23N3OS. The number of benzene rings is 1. The second-order valence-corrected chi connectivity index (χ2v) is 6.09. The Morgan fingerprint density at radius 3 is 3.00 bits per heavy atom. The fourth-order valence-electron chi connectivity index (χ4n) is 2.06. The van der Waals surface area contributed by atoms with Gasteiger partial charge in [-0.05, 0) is 30.7 Å². The minimum absolute atomic E-state index is 0.826. The van der Waals surface area contributed by atoms with Gasteiger partial charge in [-0.15, -0.1) is 11.3 Å². The first-order chi connectivity index (χ1) is 10.2. The molecule has 0 radical (unpaired) electrons. The lowest BCUT2D eigenvalue weighted by Gasteiger charge is -2.16. The monoisotopic (exact) mass is 305 g/mol. The van der Waals surface area contributed by atoms with Crippen molar-refractivity contribution < 1.29 is 4.74 Å². The number of nitrogens with one attached hydrogen (secondary N) is 1. The van der Waals surface area contributed by atoms with Crippen LogP contribution in [0.4, 0.5) is 5.13 Å². The van der Waals surface area contributed by atoms with E-state index < -0.39 is 0 Å². The third-order valence-corrected chi connectivity index (χ3v) is 4.26. The fourth-order valence-corrected chi connectivity index (χ4v) is 2.90. The first-order valence-electron chi connectivity index (χ1n) is 7.22. The molecule has 1 aromatic heterocycles. The Balaban J connectivity index is 1.94. The lowest BCUT2D eigenvalue weighted by atomic mass is 10.2. The van der Waals surface area contributed by atoms with Crippen molar-refractivity contribution in [1.82, 2.24) is 10.3 Å². The standard InChI is InChI=1S/C16H23N3OS/c1-4-8-17-10-15-11-18-16(21-15)19(2)12-13-6-5-7-14(9-13)20-3/h5-7,9,11,17H,4,8,10,12H2,1-3H3. The number of ether oxygens (including phenoxy) is 1. The molecule has 1 heterocycles. The Morgan fingerprint density at radius 1 is 1.38 bits per heavy atom. The summed E-state index contributed by atoms with van der Waals surface area (Å²) < 4.78 is 5.26. The molecule has 0 atom stereocenters. The van der Waals surface area contributed by atoms with Gasteiger partial charge in [0.2, 0.25) is 0 Å². The number of methoxy groups -OCH3 is 1. The van der Waals surface area contributed by atoms with Gasteiger partial charge in [0.1, 0.15) is 5.75 Å². The summed E-state index contributed by atoms with van der Waals surface area (Å²) in [6.07, 6.45) is 3.12. The van der Waals surface area contributed by atoms with Crippen LogP contribution in [0.2, 0.25) is 0 Å². The lowest BCUT2D eigenvalue weighted by molar-refractivity contribution is 0.414. The van der Waals surface area contributed by atoms with Crippen LogP contribution in [0.5, 0.6) is 5.75 Å². The second kappa shape index (κ2) is 8.00. The van der Waals surface area contributed by atoms with Crippen molar-refractivity contribution in [1.29, 1.82) is 0 Å². The van der Waals surface area contributed by atoms with E-state index in [4.69, 9.17) is 4.74 Å². The molecule has 2 aromatic rings. The molecule has 114 valence electrons. The normalized spacial score (nSPS) is 10.6. The molecule has 21 heavy (non-hydrogen) atoms. The van der Waals surface area contributed by atoms with Crippen molar-refractivity contribution in [2.45, 2.75) is 26.4 Å². The Bertz CT molecular complexity index is 556. The van der Waals surface area contributed by atoms with Crippen LogP contribution in [0.25, 0.3) is 0 Å². The molecule has 0 aliphatic rings. The van der Waals surface area contributed by atoms with Crippen LogP contribution in [0.15, 0.2) is 30.5 Å². The van der Waals surface area contributed by atoms with Crippen LogP contribution in [0, 0.1) is 0 Å². The molecule has 0 aliphatic carbocycles. The Hall–Kier alpha value is -1.59. The highest BCUT2D eigenvalue weighted by atomic mass is 32.1. The molecule has 0 saturated carbocycles. The van der Waals surface area contributed by atoms with E-state index >= 15 is 0 Å². The number of rotatable bonds is 8. The predicted molar refractivity (Wildman–Crippen MR) is 89.2 cm³/mol. The van der Waals surface area contributed by atoms with E-state index in [-0.39, 0.29) is 0 Å². The smallest absolute Gasteiger partial charge is 0.185 e. The Morgan fingerprint density at radius 2 is 2.24 bits per heavy atom. The van der Waals surface area contributed by atoms with Crippen LogP contribution in [0.1, 0.15) is 23.8 Å². The number of aromatic nitrogens is 1. The quantitative estimate of drug-likeness (QED) is 0.759. The van der Waals surface area contributed by atoms with E-state index in [0.29, 0.717) is 0 Å². The van der Waals surface area contributed by atoms with Crippen molar-refractivity contribution in [3.05, 3.63) is 40.9 Å². The highest BCUT2D eigenvalue weighted by Gasteiger charge is 2.08. The average molecular weight is 305 g/mol. The van der Waals surface area contributed by atoms with Crippen molar-refractivity contribution in [2.75, 3.05) is 25.6 Å². The maximum absolute atomic E-state index is 5.26. The maximum Gasteiger partial charge on any atom is 0.185 e. The molecule has 0 unspecified atom stereocenters. The molecule has 2 rings (SSSR count). The van der Waals surface area contributed by atoms with Gasteiger partial charge >= 0.3 is 0 Å². The average Bonchev–Trinajstić information content (AvgIpc) is 2.97. The highest BCUT2D eigenvalue weighted by Crippen LogP contribution is 2.23. The zero-order valence-electron chi connectivity index (χ0n) is 12.9. The summed E-state index contributed by atoms with van der Waals surface area (Å²) in [6.45, 7) is 4.95. The minimum atomic E-state index is 0.826. The maximum atomic E-state index is 5.26. The lowest BCUT2D eigenvalue weighted by Crippen LogP contribution is -2.16. The van der Waals surface area contributed by atoms with Gasteiger partial charge in [0.25, 0.3) is 0 Å². The number of nitrogens with zero attached hydrogens (tertiary/aromatic N) is 2. The minimum Gasteiger partial charge on any atom is -0.497 e. The van der Waals surface area contributed by atoms with Gasteiger partial charge < -0.3 is 15.0 Å². The van der Waals surface area contributed by atoms with E-state index in [1.54, 1.807) is 18.4 Å². The van der Waals surface area contributed by atoms with Gasteiger partial charge in [-0.1, -0.05) is 19.1 Å². The van der Waals surface area contributed by atoms with Gasteiger partial charge in [0.15, 0.2) is 5.13 Å². The summed E-state index contributed by atoms with van der Waals surface area (Å²) >= 11 is 1.74. The van der Waals surface area contributed by atoms with E-state index in [9.17, 15) is 0 Å². The van der Waals surface area contributed by atoms with Gasteiger partial charge in [0, 0.05) is 31.2 Å². The third-order valence-electron chi connectivity index (χ3n) is 3.15. The first kappa shape index (κ1) is 15.8. The van der Waals surface area contributed by atoms with Crippen molar-refractivity contribution in [3.63, 3.8) is 0 Å². The van der Waals surface area contributed by atoms with E-state index in [0.717, 1.165) is 36.9 Å².